The zero-order valence-electron chi connectivity index (χ0n) is 11.1. The summed E-state index contributed by atoms with van der Waals surface area (Å²) in [4.78, 5) is 6.75. The lowest BCUT2D eigenvalue weighted by atomic mass is 9.91. The van der Waals surface area contributed by atoms with Crippen molar-refractivity contribution in [1.82, 2.24) is 9.88 Å². The highest BCUT2D eigenvalue weighted by Crippen LogP contribution is 2.26. The summed E-state index contributed by atoms with van der Waals surface area (Å²) in [6.45, 7) is 1.94. The topological polar surface area (TPSA) is 36.4 Å². The van der Waals surface area contributed by atoms with E-state index < -0.39 is 0 Å². The van der Waals surface area contributed by atoms with Gasteiger partial charge in [-0.05, 0) is 36.6 Å². The molecule has 0 spiro atoms. The van der Waals surface area contributed by atoms with Crippen molar-refractivity contribution in [3.63, 3.8) is 0 Å². The molecule has 1 aromatic carbocycles. The highest BCUT2D eigenvalue weighted by Gasteiger charge is 2.24. The standard InChI is InChI=1S/C16H20N2O/c19-10-9-18(15-4-1-5-15)12-13-6-7-16-14(11-13)3-2-8-17-16/h2-3,6-8,11,15,19H,1,4-5,9-10,12H2. The van der Waals surface area contributed by atoms with Crippen molar-refractivity contribution in [3.05, 3.63) is 42.1 Å². The van der Waals surface area contributed by atoms with E-state index in [2.05, 4.69) is 34.1 Å². The average Bonchev–Trinajstić information content (AvgIpc) is 2.37. The maximum atomic E-state index is 9.20. The molecule has 0 unspecified atom stereocenters. The molecule has 100 valence electrons. The van der Waals surface area contributed by atoms with Crippen molar-refractivity contribution in [1.29, 1.82) is 0 Å². The van der Waals surface area contributed by atoms with Gasteiger partial charge in [0.1, 0.15) is 0 Å². The minimum Gasteiger partial charge on any atom is -0.395 e. The van der Waals surface area contributed by atoms with Crippen molar-refractivity contribution in [2.45, 2.75) is 31.8 Å². The van der Waals surface area contributed by atoms with Crippen LogP contribution in [0.3, 0.4) is 0 Å². The van der Waals surface area contributed by atoms with Gasteiger partial charge in [0.15, 0.2) is 0 Å². The van der Waals surface area contributed by atoms with E-state index in [-0.39, 0.29) is 6.61 Å². The molecule has 2 aromatic rings. The molecule has 0 aliphatic heterocycles. The molecule has 0 saturated heterocycles. The third kappa shape index (κ3) is 2.77. The molecule has 1 fully saturated rings. The van der Waals surface area contributed by atoms with E-state index in [1.165, 1.54) is 30.2 Å². The first-order valence-corrected chi connectivity index (χ1v) is 7.05. The maximum absolute atomic E-state index is 9.20. The Labute approximate surface area is 113 Å². The SMILES string of the molecule is OCCN(Cc1ccc2ncccc2c1)C1CCC1. The number of aromatic nitrogens is 1. The summed E-state index contributed by atoms with van der Waals surface area (Å²) in [5.41, 5.74) is 2.35. The summed E-state index contributed by atoms with van der Waals surface area (Å²) in [6, 6.07) is 11.2. The Morgan fingerprint density at radius 2 is 2.16 bits per heavy atom. The summed E-state index contributed by atoms with van der Waals surface area (Å²) >= 11 is 0. The van der Waals surface area contributed by atoms with Crippen molar-refractivity contribution in [2.24, 2.45) is 0 Å². The maximum Gasteiger partial charge on any atom is 0.0702 e. The van der Waals surface area contributed by atoms with E-state index in [0.29, 0.717) is 6.04 Å². The van der Waals surface area contributed by atoms with Gasteiger partial charge in [-0.1, -0.05) is 18.6 Å². The fourth-order valence-electron chi connectivity index (χ4n) is 2.73. The first kappa shape index (κ1) is 12.6. The number of hydrogen-bond acceptors (Lipinski definition) is 3. The molecule has 1 aliphatic rings. The van der Waals surface area contributed by atoms with E-state index >= 15 is 0 Å². The first-order chi connectivity index (χ1) is 9.36. The van der Waals surface area contributed by atoms with E-state index in [1.807, 2.05) is 12.3 Å². The summed E-state index contributed by atoms with van der Waals surface area (Å²) in [5.74, 6) is 0. The molecule has 1 saturated carbocycles. The van der Waals surface area contributed by atoms with Crippen LogP contribution in [-0.4, -0.2) is 34.2 Å². The van der Waals surface area contributed by atoms with Crippen LogP contribution in [0.2, 0.25) is 0 Å². The van der Waals surface area contributed by atoms with Gasteiger partial charge >= 0.3 is 0 Å². The highest BCUT2D eigenvalue weighted by atomic mass is 16.3. The first-order valence-electron chi connectivity index (χ1n) is 7.05. The number of aliphatic hydroxyl groups is 1. The van der Waals surface area contributed by atoms with Crippen LogP contribution in [0.4, 0.5) is 0 Å². The molecule has 3 heteroatoms. The zero-order valence-corrected chi connectivity index (χ0v) is 11.1. The van der Waals surface area contributed by atoms with Gasteiger partial charge < -0.3 is 5.11 Å². The predicted octanol–water partition coefficient (Wildman–Crippen LogP) is 2.58. The number of benzene rings is 1. The lowest BCUT2D eigenvalue weighted by Gasteiger charge is -2.37. The number of fused-ring (bicyclic) bond motifs is 1. The van der Waals surface area contributed by atoms with Crippen LogP contribution in [0.25, 0.3) is 10.9 Å². The smallest absolute Gasteiger partial charge is 0.0702 e. The molecule has 1 aromatic heterocycles. The van der Waals surface area contributed by atoms with Crippen molar-refractivity contribution >= 4 is 10.9 Å². The quantitative estimate of drug-likeness (QED) is 0.893. The van der Waals surface area contributed by atoms with E-state index in [0.717, 1.165) is 18.6 Å². The summed E-state index contributed by atoms with van der Waals surface area (Å²) < 4.78 is 0. The third-order valence-corrected chi connectivity index (χ3v) is 4.03. The Kier molecular flexibility index (Phi) is 3.76. The second-order valence-corrected chi connectivity index (χ2v) is 5.31. The molecule has 0 radical (unpaired) electrons. The Bertz CT molecular complexity index is 551. The average molecular weight is 256 g/mol. The van der Waals surface area contributed by atoms with Crippen molar-refractivity contribution in [3.8, 4) is 0 Å². The molecule has 3 nitrogen and oxygen atoms in total. The Morgan fingerprint density at radius 3 is 2.89 bits per heavy atom. The molecular weight excluding hydrogens is 236 g/mol. The summed E-state index contributed by atoms with van der Waals surface area (Å²) in [6.07, 6.45) is 5.70. The molecule has 1 heterocycles. The lowest BCUT2D eigenvalue weighted by Crippen LogP contribution is -2.41. The molecular formula is C16H20N2O. The molecule has 19 heavy (non-hydrogen) atoms. The number of nitrogens with zero attached hydrogens (tertiary/aromatic N) is 2. The Balaban J connectivity index is 1.78. The van der Waals surface area contributed by atoms with Gasteiger partial charge in [0, 0.05) is 30.7 Å². The van der Waals surface area contributed by atoms with Gasteiger partial charge in [-0.3, -0.25) is 9.88 Å². The number of rotatable bonds is 5. The third-order valence-electron chi connectivity index (χ3n) is 4.03. The van der Waals surface area contributed by atoms with Gasteiger partial charge in [0.05, 0.1) is 12.1 Å². The normalized spacial score (nSPS) is 15.9. The number of hydrogen-bond donors (Lipinski definition) is 1. The van der Waals surface area contributed by atoms with Gasteiger partial charge in [0.2, 0.25) is 0 Å². The van der Waals surface area contributed by atoms with Crippen molar-refractivity contribution < 1.29 is 5.11 Å². The van der Waals surface area contributed by atoms with Crippen LogP contribution in [0.15, 0.2) is 36.5 Å². The van der Waals surface area contributed by atoms with Crippen LogP contribution in [-0.2, 0) is 6.54 Å². The Morgan fingerprint density at radius 1 is 1.26 bits per heavy atom. The van der Waals surface area contributed by atoms with Gasteiger partial charge in [-0.2, -0.15) is 0 Å². The van der Waals surface area contributed by atoms with Crippen LogP contribution in [0, 0.1) is 0 Å². The molecule has 0 atom stereocenters. The second-order valence-electron chi connectivity index (χ2n) is 5.31. The summed E-state index contributed by atoms with van der Waals surface area (Å²) in [5, 5.41) is 10.4. The van der Waals surface area contributed by atoms with Crippen LogP contribution in [0.1, 0.15) is 24.8 Å². The summed E-state index contributed by atoms with van der Waals surface area (Å²) in [7, 11) is 0. The largest absolute Gasteiger partial charge is 0.395 e. The van der Waals surface area contributed by atoms with Gasteiger partial charge in [0.25, 0.3) is 0 Å². The molecule has 0 bridgehead atoms. The Hall–Kier alpha value is -1.45. The van der Waals surface area contributed by atoms with Crippen LogP contribution in [0.5, 0.6) is 0 Å². The molecule has 1 N–H and O–H groups in total. The minimum absolute atomic E-state index is 0.242. The lowest BCUT2D eigenvalue weighted by molar-refractivity contribution is 0.0946. The molecule has 3 rings (SSSR count). The minimum atomic E-state index is 0.242. The predicted molar refractivity (Wildman–Crippen MR) is 76.9 cm³/mol. The number of aliphatic hydroxyl groups excluding tert-OH is 1. The van der Waals surface area contributed by atoms with E-state index in [9.17, 15) is 5.11 Å². The van der Waals surface area contributed by atoms with Crippen LogP contribution >= 0.6 is 0 Å². The molecule has 0 amide bonds. The van der Waals surface area contributed by atoms with Gasteiger partial charge in [-0.15, -0.1) is 0 Å². The van der Waals surface area contributed by atoms with E-state index in [1.54, 1.807) is 0 Å². The number of pyridine rings is 1. The monoisotopic (exact) mass is 256 g/mol. The highest BCUT2D eigenvalue weighted by molar-refractivity contribution is 5.78. The molecule has 1 aliphatic carbocycles. The zero-order chi connectivity index (χ0) is 13.1. The fourth-order valence-corrected chi connectivity index (χ4v) is 2.73. The fraction of sp³-hybridized carbons (Fsp3) is 0.438. The van der Waals surface area contributed by atoms with Crippen molar-refractivity contribution in [2.75, 3.05) is 13.2 Å². The van der Waals surface area contributed by atoms with Crippen LogP contribution < -0.4 is 0 Å². The van der Waals surface area contributed by atoms with E-state index in [4.69, 9.17) is 0 Å². The van der Waals surface area contributed by atoms with Gasteiger partial charge in [-0.25, -0.2) is 0 Å². The second kappa shape index (κ2) is 5.68.